The van der Waals surface area contributed by atoms with Gasteiger partial charge < -0.3 is 14.4 Å². The van der Waals surface area contributed by atoms with E-state index in [-0.39, 0.29) is 12.0 Å². The highest BCUT2D eigenvalue weighted by Crippen LogP contribution is 2.20. The van der Waals surface area contributed by atoms with Gasteiger partial charge >= 0.3 is 6.09 Å². The van der Waals surface area contributed by atoms with Gasteiger partial charge in [0.25, 0.3) is 0 Å². The fraction of sp³-hybridized carbons (Fsp3) is 0.667. The molecule has 22 heavy (non-hydrogen) atoms. The van der Waals surface area contributed by atoms with Gasteiger partial charge in [0.2, 0.25) is 5.88 Å². The zero-order valence-corrected chi connectivity index (χ0v) is 14.0. The molecule has 1 amide bonds. The average Bonchev–Trinajstić information content (AvgIpc) is 2.44. The zero-order chi connectivity index (χ0) is 16.2. The molecule has 0 radical (unpaired) electrons. The molecule has 0 N–H and O–H groups in total. The number of nitrogens with zero attached hydrogens (tertiary/aromatic N) is 3. The van der Waals surface area contributed by atoms with Crippen LogP contribution in [0.4, 0.5) is 4.79 Å². The third kappa shape index (κ3) is 5.33. The second-order valence-corrected chi connectivity index (χ2v) is 6.81. The topological polar surface area (TPSA) is 64.5 Å². The highest BCUT2D eigenvalue weighted by molar-refractivity contribution is 6.29. The van der Waals surface area contributed by atoms with Crippen molar-refractivity contribution in [2.24, 2.45) is 5.92 Å². The summed E-state index contributed by atoms with van der Waals surface area (Å²) in [7, 11) is 0. The van der Waals surface area contributed by atoms with Crippen LogP contribution in [0.5, 0.6) is 5.88 Å². The number of likely N-dealkylation sites (tertiary alicyclic amines) is 1. The summed E-state index contributed by atoms with van der Waals surface area (Å²) in [5, 5.41) is 0.351. The Bertz CT molecular complexity index is 519. The minimum absolute atomic E-state index is 0.259. The Morgan fingerprint density at radius 3 is 2.91 bits per heavy atom. The quantitative estimate of drug-likeness (QED) is 0.798. The van der Waals surface area contributed by atoms with E-state index in [1.54, 1.807) is 11.0 Å². The Morgan fingerprint density at radius 1 is 1.45 bits per heavy atom. The molecule has 6 nitrogen and oxygen atoms in total. The van der Waals surface area contributed by atoms with E-state index in [9.17, 15) is 4.79 Å². The molecule has 1 atom stereocenters. The first-order chi connectivity index (χ1) is 10.3. The van der Waals surface area contributed by atoms with E-state index in [4.69, 9.17) is 21.1 Å². The molecule has 0 spiro atoms. The van der Waals surface area contributed by atoms with Crippen LogP contribution in [0, 0.1) is 5.92 Å². The second kappa shape index (κ2) is 7.13. The van der Waals surface area contributed by atoms with Gasteiger partial charge in [-0.2, -0.15) is 0 Å². The molecule has 7 heteroatoms. The van der Waals surface area contributed by atoms with Crippen molar-refractivity contribution < 1.29 is 14.3 Å². The van der Waals surface area contributed by atoms with Gasteiger partial charge in [0.05, 0.1) is 6.61 Å². The molecule has 2 heterocycles. The van der Waals surface area contributed by atoms with Crippen LogP contribution in [0.3, 0.4) is 0 Å². The lowest BCUT2D eigenvalue weighted by Crippen LogP contribution is -2.44. The number of carbonyl (C=O) groups is 1. The first-order valence-electron chi connectivity index (χ1n) is 7.42. The first kappa shape index (κ1) is 16.8. The standard InChI is InChI=1S/C15H22ClN3O3/c1-15(2,3)22-14(20)19-6-4-5-11(8-19)9-21-13-7-12(16)17-10-18-13/h7,10-11H,4-6,8-9H2,1-3H3. The SMILES string of the molecule is CC(C)(C)OC(=O)N1CCCC(COc2cc(Cl)ncn2)C1. The third-order valence-corrected chi connectivity index (χ3v) is 3.45. The number of amides is 1. The van der Waals surface area contributed by atoms with Crippen molar-refractivity contribution in [3.63, 3.8) is 0 Å². The van der Waals surface area contributed by atoms with Crippen LogP contribution >= 0.6 is 11.6 Å². The molecular formula is C15H22ClN3O3. The fourth-order valence-corrected chi connectivity index (χ4v) is 2.43. The van der Waals surface area contributed by atoms with Crippen molar-refractivity contribution in [1.29, 1.82) is 0 Å². The van der Waals surface area contributed by atoms with E-state index in [2.05, 4.69) is 9.97 Å². The molecule has 1 unspecified atom stereocenters. The molecular weight excluding hydrogens is 306 g/mol. The van der Waals surface area contributed by atoms with Crippen molar-refractivity contribution in [3.05, 3.63) is 17.5 Å². The maximum Gasteiger partial charge on any atom is 0.410 e. The summed E-state index contributed by atoms with van der Waals surface area (Å²) in [5.41, 5.74) is -0.474. The Labute approximate surface area is 135 Å². The van der Waals surface area contributed by atoms with Crippen LogP contribution in [0.25, 0.3) is 0 Å². The molecule has 1 saturated heterocycles. The normalized spacial score (nSPS) is 18.9. The summed E-state index contributed by atoms with van der Waals surface area (Å²) in [5.74, 6) is 0.712. The highest BCUT2D eigenvalue weighted by Gasteiger charge is 2.27. The van der Waals surface area contributed by atoms with Crippen LogP contribution in [0.1, 0.15) is 33.6 Å². The molecule has 0 aliphatic carbocycles. The van der Waals surface area contributed by atoms with E-state index in [0.717, 1.165) is 19.4 Å². The van der Waals surface area contributed by atoms with E-state index < -0.39 is 5.60 Å². The Balaban J connectivity index is 1.84. The number of halogens is 1. The molecule has 1 aliphatic rings. The minimum Gasteiger partial charge on any atom is -0.477 e. The number of aromatic nitrogens is 2. The molecule has 0 aromatic carbocycles. The second-order valence-electron chi connectivity index (χ2n) is 6.42. The van der Waals surface area contributed by atoms with Gasteiger partial charge in [-0.1, -0.05) is 11.6 Å². The number of ether oxygens (including phenoxy) is 2. The number of hydrogen-bond donors (Lipinski definition) is 0. The molecule has 1 aliphatic heterocycles. The Morgan fingerprint density at radius 2 is 2.23 bits per heavy atom. The number of piperidine rings is 1. The van der Waals surface area contributed by atoms with Gasteiger partial charge in [-0.15, -0.1) is 0 Å². The maximum atomic E-state index is 12.1. The van der Waals surface area contributed by atoms with Crippen molar-refractivity contribution in [3.8, 4) is 5.88 Å². The van der Waals surface area contributed by atoms with Gasteiger partial charge in [-0.05, 0) is 33.6 Å². The highest BCUT2D eigenvalue weighted by atomic mass is 35.5. The zero-order valence-electron chi connectivity index (χ0n) is 13.2. The predicted molar refractivity (Wildman–Crippen MR) is 83.1 cm³/mol. The van der Waals surface area contributed by atoms with E-state index in [0.29, 0.717) is 24.2 Å². The van der Waals surface area contributed by atoms with Gasteiger partial charge in [-0.25, -0.2) is 14.8 Å². The maximum absolute atomic E-state index is 12.1. The monoisotopic (exact) mass is 327 g/mol. The number of carbonyl (C=O) groups excluding carboxylic acids is 1. The van der Waals surface area contributed by atoms with Crippen molar-refractivity contribution >= 4 is 17.7 Å². The summed E-state index contributed by atoms with van der Waals surface area (Å²) >= 11 is 5.79. The van der Waals surface area contributed by atoms with E-state index >= 15 is 0 Å². The molecule has 0 bridgehead atoms. The van der Waals surface area contributed by atoms with Gasteiger partial charge in [0, 0.05) is 25.1 Å². The average molecular weight is 328 g/mol. The lowest BCUT2D eigenvalue weighted by Gasteiger charge is -2.33. The summed E-state index contributed by atoms with van der Waals surface area (Å²) < 4.78 is 11.1. The van der Waals surface area contributed by atoms with E-state index in [1.165, 1.54) is 6.33 Å². The number of hydrogen-bond acceptors (Lipinski definition) is 5. The van der Waals surface area contributed by atoms with Gasteiger partial charge in [-0.3, -0.25) is 0 Å². The summed E-state index contributed by atoms with van der Waals surface area (Å²) in [4.78, 5) is 21.7. The van der Waals surface area contributed by atoms with Crippen LogP contribution in [-0.4, -0.2) is 46.3 Å². The van der Waals surface area contributed by atoms with E-state index in [1.807, 2.05) is 20.8 Å². The summed E-state index contributed by atoms with van der Waals surface area (Å²) in [6.45, 7) is 7.46. The molecule has 1 fully saturated rings. The largest absolute Gasteiger partial charge is 0.477 e. The van der Waals surface area contributed by atoms with Gasteiger partial charge in [0.15, 0.2) is 0 Å². The van der Waals surface area contributed by atoms with Crippen molar-refractivity contribution in [2.45, 2.75) is 39.2 Å². The van der Waals surface area contributed by atoms with Crippen LogP contribution in [0.2, 0.25) is 5.15 Å². The Kier molecular flexibility index (Phi) is 5.45. The Hall–Kier alpha value is -1.56. The summed E-state index contributed by atoms with van der Waals surface area (Å²) in [6, 6.07) is 1.58. The molecule has 1 aromatic rings. The summed E-state index contributed by atoms with van der Waals surface area (Å²) in [6.07, 6.45) is 3.06. The smallest absolute Gasteiger partial charge is 0.410 e. The van der Waals surface area contributed by atoms with Crippen LogP contribution < -0.4 is 4.74 Å². The molecule has 0 saturated carbocycles. The molecule has 2 rings (SSSR count). The molecule has 1 aromatic heterocycles. The van der Waals surface area contributed by atoms with Crippen LogP contribution in [-0.2, 0) is 4.74 Å². The first-order valence-corrected chi connectivity index (χ1v) is 7.79. The molecule has 122 valence electrons. The lowest BCUT2D eigenvalue weighted by molar-refractivity contribution is 0.0138. The van der Waals surface area contributed by atoms with Crippen LogP contribution in [0.15, 0.2) is 12.4 Å². The third-order valence-electron chi connectivity index (χ3n) is 3.25. The van der Waals surface area contributed by atoms with Gasteiger partial charge in [0.1, 0.15) is 17.1 Å². The minimum atomic E-state index is -0.474. The van der Waals surface area contributed by atoms with Crippen molar-refractivity contribution in [2.75, 3.05) is 19.7 Å². The lowest BCUT2D eigenvalue weighted by atomic mass is 9.99. The van der Waals surface area contributed by atoms with Crippen molar-refractivity contribution in [1.82, 2.24) is 14.9 Å². The fourth-order valence-electron chi connectivity index (χ4n) is 2.29. The predicted octanol–water partition coefficient (Wildman–Crippen LogP) is 3.16. The number of rotatable bonds is 3.